The topological polar surface area (TPSA) is 71.1 Å². The summed E-state index contributed by atoms with van der Waals surface area (Å²) in [6.45, 7) is 8.89. The highest BCUT2D eigenvalue weighted by Crippen LogP contribution is 2.56. The quantitative estimate of drug-likeness (QED) is 0.456. The van der Waals surface area contributed by atoms with Crippen LogP contribution in [0.15, 0.2) is 0 Å². The van der Waals surface area contributed by atoms with Gasteiger partial charge in [0.1, 0.15) is 5.66 Å². The average Bonchev–Trinajstić information content (AvgIpc) is 2.37. The number of methoxy groups -OCH3 is 2. The van der Waals surface area contributed by atoms with Crippen molar-refractivity contribution in [2.45, 2.75) is 46.1 Å². The van der Waals surface area contributed by atoms with Gasteiger partial charge in [0.2, 0.25) is 11.6 Å². The van der Waals surface area contributed by atoms with Crippen LogP contribution in [0, 0.1) is 5.92 Å². The molecular weight excluding hydrogens is 283 g/mol. The third-order valence-electron chi connectivity index (χ3n) is 3.09. The van der Waals surface area contributed by atoms with Gasteiger partial charge < -0.3 is 18.5 Å². The van der Waals surface area contributed by atoms with E-state index in [1.54, 1.807) is 27.7 Å². The fraction of sp³-hybridized carbons (Fsp3) is 0.923. The van der Waals surface area contributed by atoms with Crippen molar-refractivity contribution >= 4 is 13.4 Å². The first kappa shape index (κ1) is 19.7. The van der Waals surface area contributed by atoms with E-state index in [0.717, 1.165) is 0 Å². The first-order valence-corrected chi connectivity index (χ1v) is 8.36. The van der Waals surface area contributed by atoms with Crippen LogP contribution in [0.3, 0.4) is 0 Å². The van der Waals surface area contributed by atoms with Crippen molar-refractivity contribution in [3.8, 4) is 0 Å². The lowest BCUT2D eigenvalue weighted by Gasteiger charge is -2.34. The molecule has 0 aromatic heterocycles. The molecule has 0 rings (SSSR count). The number of rotatable bonds is 10. The molecule has 0 aromatic rings. The average molecular weight is 310 g/mol. The fourth-order valence-corrected chi connectivity index (χ4v) is 4.29. The predicted molar refractivity (Wildman–Crippen MR) is 76.9 cm³/mol. The molecule has 0 radical (unpaired) electrons. The zero-order valence-electron chi connectivity index (χ0n) is 13.5. The van der Waals surface area contributed by atoms with Gasteiger partial charge in [-0.3, -0.25) is 9.36 Å². The van der Waals surface area contributed by atoms with Gasteiger partial charge in [-0.2, -0.15) is 0 Å². The molecule has 1 atom stereocenters. The van der Waals surface area contributed by atoms with Crippen molar-refractivity contribution in [2.75, 3.05) is 27.4 Å². The molecule has 0 aromatic carbocycles. The normalized spacial score (nSPS) is 14.6. The molecule has 0 aliphatic carbocycles. The minimum Gasteiger partial charge on any atom is -0.347 e. The molecule has 0 heterocycles. The smallest absolute Gasteiger partial charge is 0.341 e. The molecule has 1 unspecified atom stereocenters. The molecule has 0 saturated heterocycles. The number of carbonyl (C=O) groups is 1. The van der Waals surface area contributed by atoms with Crippen LogP contribution >= 0.6 is 7.60 Å². The lowest BCUT2D eigenvalue weighted by Crippen LogP contribution is -2.47. The zero-order valence-corrected chi connectivity index (χ0v) is 14.4. The van der Waals surface area contributed by atoms with Crippen molar-refractivity contribution in [3.63, 3.8) is 0 Å². The summed E-state index contributed by atoms with van der Waals surface area (Å²) in [6, 6.07) is 0. The number of carbonyl (C=O) groups excluding carboxylic acids is 1. The van der Waals surface area contributed by atoms with Crippen LogP contribution in [0.1, 0.15) is 34.6 Å². The number of ether oxygens (including phenoxy) is 2. The van der Waals surface area contributed by atoms with Crippen molar-refractivity contribution in [3.05, 3.63) is 0 Å². The number of hydrogen-bond donors (Lipinski definition) is 0. The summed E-state index contributed by atoms with van der Waals surface area (Å²) in [4.78, 5) is 12.7. The van der Waals surface area contributed by atoms with Crippen molar-refractivity contribution in [1.29, 1.82) is 0 Å². The van der Waals surface area contributed by atoms with Crippen molar-refractivity contribution in [2.24, 2.45) is 5.92 Å². The molecule has 0 amide bonds. The first-order valence-electron chi connectivity index (χ1n) is 6.75. The number of hydrogen-bond acceptors (Lipinski definition) is 6. The second kappa shape index (κ2) is 8.25. The molecule has 0 fully saturated rings. The summed E-state index contributed by atoms with van der Waals surface area (Å²) in [7, 11) is -0.842. The van der Waals surface area contributed by atoms with E-state index in [2.05, 4.69) is 0 Å². The lowest BCUT2D eigenvalue weighted by atomic mass is 10.0. The maximum atomic E-state index is 12.9. The second-order valence-corrected chi connectivity index (χ2v) is 6.93. The van der Waals surface area contributed by atoms with E-state index in [-0.39, 0.29) is 19.1 Å². The van der Waals surface area contributed by atoms with E-state index < -0.39 is 24.8 Å². The summed E-state index contributed by atoms with van der Waals surface area (Å²) in [5, 5.41) is 0. The van der Waals surface area contributed by atoms with Crippen molar-refractivity contribution in [1.82, 2.24) is 0 Å². The highest BCUT2D eigenvalue weighted by molar-refractivity contribution is 7.55. The Labute approximate surface area is 121 Å². The molecule has 0 spiro atoms. The van der Waals surface area contributed by atoms with Crippen LogP contribution in [0.2, 0.25) is 0 Å². The standard InChI is InChI=1S/C13H27O6P/c1-8-18-20(15,19-9-2)11(10(3)4)12(14)13(5,16-6)17-7/h10-11H,8-9H2,1-7H3. The van der Waals surface area contributed by atoms with Crippen LogP contribution in [0.25, 0.3) is 0 Å². The van der Waals surface area contributed by atoms with E-state index in [0.29, 0.717) is 0 Å². The molecule has 0 bridgehead atoms. The summed E-state index contributed by atoms with van der Waals surface area (Å²) < 4.78 is 33.8. The Morgan fingerprint density at radius 2 is 1.50 bits per heavy atom. The maximum absolute atomic E-state index is 12.9. The first-order chi connectivity index (χ1) is 9.22. The van der Waals surface area contributed by atoms with Gasteiger partial charge >= 0.3 is 7.60 Å². The fourth-order valence-electron chi connectivity index (χ4n) is 1.92. The van der Waals surface area contributed by atoms with E-state index in [1.165, 1.54) is 21.1 Å². The Hall–Kier alpha value is -0.260. The van der Waals surface area contributed by atoms with Gasteiger partial charge in [0.05, 0.1) is 13.2 Å². The molecule has 6 nitrogen and oxygen atoms in total. The minimum absolute atomic E-state index is 0.199. The summed E-state index contributed by atoms with van der Waals surface area (Å²) in [5.74, 6) is -2.16. The maximum Gasteiger partial charge on any atom is 0.341 e. The Bertz CT molecular complexity index is 341. The van der Waals surface area contributed by atoms with E-state index in [9.17, 15) is 9.36 Å². The molecule has 120 valence electrons. The highest BCUT2D eigenvalue weighted by atomic mass is 31.2. The minimum atomic E-state index is -3.57. The monoisotopic (exact) mass is 310 g/mol. The Morgan fingerprint density at radius 3 is 1.75 bits per heavy atom. The summed E-state index contributed by atoms with van der Waals surface area (Å²) in [5.41, 5.74) is -0.938. The van der Waals surface area contributed by atoms with Gasteiger partial charge in [-0.15, -0.1) is 0 Å². The van der Waals surface area contributed by atoms with Gasteiger partial charge in [0.15, 0.2) is 0 Å². The van der Waals surface area contributed by atoms with Crippen LogP contribution in [-0.2, 0) is 27.9 Å². The largest absolute Gasteiger partial charge is 0.347 e. The number of ketones is 1. The third-order valence-corrected chi connectivity index (χ3v) is 5.83. The van der Waals surface area contributed by atoms with Gasteiger partial charge in [0, 0.05) is 14.2 Å². The van der Waals surface area contributed by atoms with E-state index in [1.807, 2.05) is 0 Å². The van der Waals surface area contributed by atoms with E-state index >= 15 is 0 Å². The molecule has 0 aliphatic rings. The molecular formula is C13H27O6P. The van der Waals surface area contributed by atoms with Crippen LogP contribution in [0.4, 0.5) is 0 Å². The van der Waals surface area contributed by atoms with Crippen LogP contribution in [-0.4, -0.2) is 44.7 Å². The van der Waals surface area contributed by atoms with E-state index in [4.69, 9.17) is 18.5 Å². The molecule has 0 saturated carbocycles. The van der Waals surface area contributed by atoms with Gasteiger partial charge in [0.25, 0.3) is 0 Å². The predicted octanol–water partition coefficient (Wildman–Crippen LogP) is 2.86. The molecule has 7 heteroatoms. The second-order valence-electron chi connectivity index (χ2n) is 4.78. The molecule has 0 N–H and O–H groups in total. The Kier molecular flexibility index (Phi) is 8.14. The molecule has 20 heavy (non-hydrogen) atoms. The third kappa shape index (κ3) is 4.37. The SMILES string of the molecule is CCOP(=O)(OCC)C(C(=O)C(C)(OC)OC)C(C)C. The Balaban J connectivity index is 5.63. The zero-order chi connectivity index (χ0) is 16.0. The van der Waals surface area contributed by atoms with Gasteiger partial charge in [-0.25, -0.2) is 0 Å². The molecule has 0 aliphatic heterocycles. The van der Waals surface area contributed by atoms with Crippen LogP contribution in [0.5, 0.6) is 0 Å². The highest BCUT2D eigenvalue weighted by Gasteiger charge is 2.50. The van der Waals surface area contributed by atoms with Gasteiger partial charge in [-0.05, 0) is 26.7 Å². The summed E-state index contributed by atoms with van der Waals surface area (Å²) >= 11 is 0. The van der Waals surface area contributed by atoms with Crippen molar-refractivity contribution < 1.29 is 27.9 Å². The van der Waals surface area contributed by atoms with Gasteiger partial charge in [-0.1, -0.05) is 13.8 Å². The lowest BCUT2D eigenvalue weighted by molar-refractivity contribution is -0.199. The number of Topliss-reactive ketones (excluding diaryl/α,β-unsaturated/α-hetero) is 1. The Morgan fingerprint density at radius 1 is 1.10 bits per heavy atom. The summed E-state index contributed by atoms with van der Waals surface area (Å²) in [6.07, 6.45) is 0. The van der Waals surface area contributed by atoms with Crippen LogP contribution < -0.4 is 0 Å².